The van der Waals surface area contributed by atoms with Crippen LogP contribution in [0.3, 0.4) is 0 Å². The van der Waals surface area contributed by atoms with Crippen LogP contribution in [0.2, 0.25) is 10.2 Å². The van der Waals surface area contributed by atoms with Crippen molar-refractivity contribution < 1.29 is 4.79 Å². The summed E-state index contributed by atoms with van der Waals surface area (Å²) in [5.74, 6) is 0.00351. The minimum atomic E-state index is -0.352. The van der Waals surface area contributed by atoms with Crippen LogP contribution in [0.5, 0.6) is 0 Å². The standard InChI is InChI=1S/C12H8Cl2N2O/c13-8-1-9(14)16-2-7(8)10(17)12-3-11(4-12,5-12)6-15/h1-2H,3-5H2. The second-order valence-corrected chi connectivity index (χ2v) is 5.81. The molecule has 1 aromatic heterocycles. The smallest absolute Gasteiger partial charge is 0.172 e. The van der Waals surface area contributed by atoms with Gasteiger partial charge in [-0.3, -0.25) is 4.79 Å². The molecule has 3 aliphatic carbocycles. The Morgan fingerprint density at radius 2 is 2.06 bits per heavy atom. The molecule has 0 unspecified atom stereocenters. The van der Waals surface area contributed by atoms with Crippen LogP contribution < -0.4 is 0 Å². The van der Waals surface area contributed by atoms with Gasteiger partial charge in [0.2, 0.25) is 0 Å². The van der Waals surface area contributed by atoms with Crippen LogP contribution in [0.15, 0.2) is 12.3 Å². The fourth-order valence-electron chi connectivity index (χ4n) is 3.01. The molecule has 0 aliphatic heterocycles. The molecule has 3 nitrogen and oxygen atoms in total. The van der Waals surface area contributed by atoms with Crippen LogP contribution >= 0.6 is 23.2 Å². The molecule has 17 heavy (non-hydrogen) atoms. The van der Waals surface area contributed by atoms with Crippen molar-refractivity contribution in [3.8, 4) is 6.07 Å². The Morgan fingerprint density at radius 3 is 2.59 bits per heavy atom. The van der Waals surface area contributed by atoms with E-state index in [-0.39, 0.29) is 21.8 Å². The van der Waals surface area contributed by atoms with Gasteiger partial charge in [0, 0.05) is 11.6 Å². The van der Waals surface area contributed by atoms with Gasteiger partial charge in [-0.1, -0.05) is 23.2 Å². The largest absolute Gasteiger partial charge is 0.293 e. The topological polar surface area (TPSA) is 53.8 Å². The molecule has 0 saturated heterocycles. The van der Waals surface area contributed by atoms with Gasteiger partial charge >= 0.3 is 0 Å². The molecule has 5 heteroatoms. The minimum Gasteiger partial charge on any atom is -0.293 e. The number of carbonyl (C=O) groups excluding carboxylic acids is 1. The molecule has 86 valence electrons. The number of Topliss-reactive ketones (excluding diaryl/α,β-unsaturated/α-hetero) is 1. The highest BCUT2D eigenvalue weighted by molar-refractivity contribution is 6.36. The van der Waals surface area contributed by atoms with E-state index in [1.807, 2.05) is 0 Å². The van der Waals surface area contributed by atoms with E-state index < -0.39 is 0 Å². The number of hydrogen-bond donors (Lipinski definition) is 0. The minimum absolute atomic E-state index is 0.00351. The summed E-state index contributed by atoms with van der Waals surface area (Å²) in [5.41, 5.74) is -0.168. The summed E-state index contributed by atoms with van der Waals surface area (Å²) < 4.78 is 0. The van der Waals surface area contributed by atoms with Crippen molar-refractivity contribution >= 4 is 29.0 Å². The molecular weight excluding hydrogens is 259 g/mol. The van der Waals surface area contributed by atoms with Gasteiger partial charge in [-0.25, -0.2) is 4.98 Å². The van der Waals surface area contributed by atoms with Gasteiger partial charge in [0.25, 0.3) is 0 Å². The number of pyridine rings is 1. The van der Waals surface area contributed by atoms with Crippen molar-refractivity contribution in [3.63, 3.8) is 0 Å². The van der Waals surface area contributed by atoms with E-state index in [4.69, 9.17) is 28.5 Å². The normalized spacial score (nSPS) is 33.2. The fourth-order valence-corrected chi connectivity index (χ4v) is 3.46. The van der Waals surface area contributed by atoms with Gasteiger partial charge in [-0.2, -0.15) is 5.26 Å². The lowest BCUT2D eigenvalue weighted by Gasteiger charge is -2.65. The maximum atomic E-state index is 12.3. The van der Waals surface area contributed by atoms with Gasteiger partial charge in [0.1, 0.15) is 5.15 Å². The Morgan fingerprint density at radius 1 is 1.41 bits per heavy atom. The Bertz CT molecular complexity index is 557. The Balaban J connectivity index is 1.88. The molecule has 3 aliphatic rings. The Kier molecular flexibility index (Phi) is 2.08. The predicted octanol–water partition coefficient (Wildman–Crippen LogP) is 3.26. The van der Waals surface area contributed by atoms with Gasteiger partial charge in [0.05, 0.1) is 22.1 Å². The third-order valence-electron chi connectivity index (χ3n) is 3.81. The van der Waals surface area contributed by atoms with Crippen LogP contribution in [0.4, 0.5) is 0 Å². The Hall–Kier alpha value is -1.11. The summed E-state index contributed by atoms with van der Waals surface area (Å²) in [4.78, 5) is 16.2. The van der Waals surface area contributed by atoms with E-state index in [2.05, 4.69) is 11.1 Å². The highest BCUT2D eigenvalue weighted by Crippen LogP contribution is 2.74. The number of hydrogen-bond acceptors (Lipinski definition) is 3. The predicted molar refractivity (Wildman–Crippen MR) is 62.9 cm³/mol. The summed E-state index contributed by atoms with van der Waals surface area (Å²) >= 11 is 11.7. The van der Waals surface area contributed by atoms with E-state index in [9.17, 15) is 4.79 Å². The van der Waals surface area contributed by atoms with E-state index in [1.54, 1.807) is 0 Å². The summed E-state index contributed by atoms with van der Waals surface area (Å²) in [7, 11) is 0. The monoisotopic (exact) mass is 266 g/mol. The van der Waals surface area contributed by atoms with Crippen LogP contribution in [0.25, 0.3) is 0 Å². The van der Waals surface area contributed by atoms with E-state index in [1.165, 1.54) is 12.3 Å². The van der Waals surface area contributed by atoms with E-state index in [0.717, 1.165) is 0 Å². The number of aromatic nitrogens is 1. The number of halogens is 2. The molecule has 4 rings (SSSR count). The van der Waals surface area contributed by atoms with Crippen molar-refractivity contribution in [2.45, 2.75) is 19.3 Å². The van der Waals surface area contributed by atoms with Crippen LogP contribution in [0.1, 0.15) is 29.6 Å². The van der Waals surface area contributed by atoms with Crippen LogP contribution in [-0.2, 0) is 0 Å². The van der Waals surface area contributed by atoms with Gasteiger partial charge in [0.15, 0.2) is 5.78 Å². The first-order valence-corrected chi connectivity index (χ1v) is 6.03. The molecule has 0 amide bonds. The molecule has 0 spiro atoms. The molecular formula is C12H8Cl2N2O. The fraction of sp³-hybridized carbons (Fsp3) is 0.417. The third kappa shape index (κ3) is 1.34. The SMILES string of the molecule is N#CC12CC(C(=O)c3cnc(Cl)cc3Cl)(C1)C2. The number of nitrogens with zero attached hydrogens (tertiary/aromatic N) is 2. The van der Waals surface area contributed by atoms with Crippen molar-refractivity contribution in [2.24, 2.45) is 10.8 Å². The van der Waals surface area contributed by atoms with E-state index >= 15 is 0 Å². The highest BCUT2D eigenvalue weighted by atomic mass is 35.5. The molecule has 3 fully saturated rings. The van der Waals surface area contributed by atoms with Crippen molar-refractivity contribution in [3.05, 3.63) is 28.0 Å². The second kappa shape index (κ2) is 3.22. The zero-order valence-corrected chi connectivity index (χ0v) is 10.3. The number of carbonyl (C=O) groups is 1. The maximum Gasteiger partial charge on any atom is 0.172 e. The van der Waals surface area contributed by atoms with Crippen LogP contribution in [0, 0.1) is 22.2 Å². The molecule has 0 N–H and O–H groups in total. The lowest BCUT2D eigenvalue weighted by molar-refractivity contribution is -0.125. The molecule has 0 radical (unpaired) electrons. The lowest BCUT2D eigenvalue weighted by Crippen LogP contribution is -2.64. The summed E-state index contributed by atoms with van der Waals surface area (Å²) in [6.07, 6.45) is 3.41. The molecule has 1 aromatic rings. The Labute approximate surface area is 108 Å². The average Bonchev–Trinajstić information content (AvgIpc) is 2.13. The number of ketones is 1. The van der Waals surface area contributed by atoms with Gasteiger partial charge < -0.3 is 0 Å². The van der Waals surface area contributed by atoms with Gasteiger partial charge in [-0.05, 0) is 25.3 Å². The van der Waals surface area contributed by atoms with Crippen LogP contribution in [-0.4, -0.2) is 10.8 Å². The molecule has 0 aromatic carbocycles. The zero-order valence-electron chi connectivity index (χ0n) is 8.83. The summed E-state index contributed by atoms with van der Waals surface area (Å²) in [6.45, 7) is 0. The summed E-state index contributed by atoms with van der Waals surface area (Å²) in [6, 6.07) is 3.75. The number of rotatable bonds is 2. The van der Waals surface area contributed by atoms with Gasteiger partial charge in [-0.15, -0.1) is 0 Å². The lowest BCUT2D eigenvalue weighted by atomic mass is 9.34. The first-order chi connectivity index (χ1) is 8.00. The molecule has 1 heterocycles. The van der Waals surface area contributed by atoms with Crippen molar-refractivity contribution in [1.29, 1.82) is 5.26 Å². The number of nitriles is 1. The molecule has 0 atom stereocenters. The maximum absolute atomic E-state index is 12.3. The van der Waals surface area contributed by atoms with Crippen molar-refractivity contribution in [2.75, 3.05) is 0 Å². The first kappa shape index (κ1) is 11.0. The van der Waals surface area contributed by atoms with Crippen molar-refractivity contribution in [1.82, 2.24) is 4.98 Å². The van der Waals surface area contributed by atoms with E-state index in [0.29, 0.717) is 29.8 Å². The molecule has 3 saturated carbocycles. The first-order valence-electron chi connectivity index (χ1n) is 5.27. The zero-order chi connectivity index (χ0) is 12.3. The summed E-state index contributed by atoms with van der Waals surface area (Å²) in [5, 5.41) is 9.54. The second-order valence-electron chi connectivity index (χ2n) is 5.02. The quantitative estimate of drug-likeness (QED) is 0.610. The third-order valence-corrected chi connectivity index (χ3v) is 4.33. The average molecular weight is 267 g/mol. The molecule has 2 bridgehead atoms. The highest BCUT2D eigenvalue weighted by Gasteiger charge is 2.72.